The Kier molecular flexibility index (Phi) is 6.56. The predicted molar refractivity (Wildman–Crippen MR) is 142 cm³/mol. The summed E-state index contributed by atoms with van der Waals surface area (Å²) in [6.45, 7) is 0. The van der Waals surface area contributed by atoms with Crippen molar-refractivity contribution in [3.05, 3.63) is 89.0 Å². The number of rotatable bonds is 6. The highest BCUT2D eigenvalue weighted by Gasteiger charge is 2.48. The Morgan fingerprint density at radius 1 is 0.921 bits per heavy atom. The second kappa shape index (κ2) is 9.98. The minimum Gasteiger partial charge on any atom is -0.507 e. The first kappa shape index (κ1) is 25.0. The Balaban J connectivity index is 1.70. The van der Waals surface area contributed by atoms with E-state index in [0.717, 1.165) is 4.70 Å². The molecule has 0 spiro atoms. The molecule has 192 valence electrons. The molecule has 0 bridgehead atoms. The van der Waals surface area contributed by atoms with Crippen LogP contribution in [0.3, 0.4) is 0 Å². The Morgan fingerprint density at radius 2 is 1.63 bits per heavy atom. The van der Waals surface area contributed by atoms with E-state index in [1.165, 1.54) is 42.6 Å². The van der Waals surface area contributed by atoms with Gasteiger partial charge in [-0.3, -0.25) is 14.5 Å². The molecule has 1 atom stereocenters. The minimum absolute atomic E-state index is 0.106. The summed E-state index contributed by atoms with van der Waals surface area (Å²) < 4.78 is 16.1. The largest absolute Gasteiger partial charge is 0.507 e. The van der Waals surface area contributed by atoms with E-state index in [4.69, 9.17) is 14.2 Å². The summed E-state index contributed by atoms with van der Waals surface area (Å²) >= 11 is 1.22. The fraction of sp³-hybridized carbons (Fsp3) is 0.143. The van der Waals surface area contributed by atoms with E-state index in [1.54, 1.807) is 61.7 Å². The molecular weight excluding hydrogens is 508 g/mol. The number of ether oxygens (including phenoxy) is 3. The second-order valence-electron chi connectivity index (χ2n) is 8.34. The molecule has 0 aliphatic carbocycles. The molecule has 1 aliphatic heterocycles. The molecule has 9 nitrogen and oxygen atoms in total. The monoisotopic (exact) mass is 530 g/mol. The van der Waals surface area contributed by atoms with Gasteiger partial charge in [-0.2, -0.15) is 0 Å². The van der Waals surface area contributed by atoms with Crippen LogP contribution in [0.5, 0.6) is 11.5 Å². The third kappa shape index (κ3) is 4.24. The van der Waals surface area contributed by atoms with Crippen molar-refractivity contribution >= 4 is 50.1 Å². The lowest BCUT2D eigenvalue weighted by Crippen LogP contribution is -2.29. The number of aliphatic hydroxyl groups is 1. The van der Waals surface area contributed by atoms with Crippen LogP contribution in [-0.4, -0.2) is 49.1 Å². The molecule has 0 radical (unpaired) electrons. The molecule has 38 heavy (non-hydrogen) atoms. The molecule has 1 N–H and O–H groups in total. The van der Waals surface area contributed by atoms with Gasteiger partial charge in [0.05, 0.1) is 48.7 Å². The number of carbonyl (C=O) groups is 3. The van der Waals surface area contributed by atoms with Gasteiger partial charge in [-0.25, -0.2) is 9.78 Å². The summed E-state index contributed by atoms with van der Waals surface area (Å²) in [6, 6.07) is 17.2. The van der Waals surface area contributed by atoms with E-state index in [0.29, 0.717) is 33.7 Å². The van der Waals surface area contributed by atoms with E-state index in [1.807, 2.05) is 0 Å². The Bertz CT molecular complexity index is 1610. The maximum Gasteiger partial charge on any atom is 0.337 e. The van der Waals surface area contributed by atoms with Gasteiger partial charge >= 0.3 is 11.9 Å². The van der Waals surface area contributed by atoms with Gasteiger partial charge in [0.1, 0.15) is 17.3 Å². The summed E-state index contributed by atoms with van der Waals surface area (Å²) in [5.74, 6) is -1.46. The highest BCUT2D eigenvalue weighted by atomic mass is 32.1. The van der Waals surface area contributed by atoms with Crippen LogP contribution in [0.4, 0.5) is 5.13 Å². The van der Waals surface area contributed by atoms with Crippen molar-refractivity contribution in [2.45, 2.75) is 6.04 Å². The van der Waals surface area contributed by atoms with Gasteiger partial charge in [0, 0.05) is 5.56 Å². The number of carbonyl (C=O) groups excluding carboxylic acids is 3. The quantitative estimate of drug-likeness (QED) is 0.165. The van der Waals surface area contributed by atoms with Crippen LogP contribution in [0.15, 0.2) is 72.3 Å². The maximum absolute atomic E-state index is 13.5. The molecule has 10 heteroatoms. The summed E-state index contributed by atoms with van der Waals surface area (Å²) in [6.07, 6.45) is 0. The van der Waals surface area contributed by atoms with Crippen molar-refractivity contribution in [2.75, 3.05) is 26.2 Å². The van der Waals surface area contributed by atoms with Crippen molar-refractivity contribution in [3.8, 4) is 11.5 Å². The third-order valence-corrected chi connectivity index (χ3v) is 7.24. The van der Waals surface area contributed by atoms with Gasteiger partial charge in [0.15, 0.2) is 5.13 Å². The molecule has 3 aromatic carbocycles. The minimum atomic E-state index is -1.00. The van der Waals surface area contributed by atoms with Crippen molar-refractivity contribution in [3.63, 3.8) is 0 Å². The number of hydrogen-bond donors (Lipinski definition) is 1. The molecule has 5 rings (SSSR count). The van der Waals surface area contributed by atoms with Crippen molar-refractivity contribution in [2.24, 2.45) is 0 Å². The zero-order valence-electron chi connectivity index (χ0n) is 20.6. The summed E-state index contributed by atoms with van der Waals surface area (Å²) in [5.41, 5.74) is 1.63. The zero-order valence-corrected chi connectivity index (χ0v) is 21.4. The van der Waals surface area contributed by atoms with Gasteiger partial charge in [-0.05, 0) is 48.0 Å². The number of nitrogens with zero attached hydrogens (tertiary/aromatic N) is 2. The average molecular weight is 531 g/mol. The number of ketones is 1. The predicted octanol–water partition coefficient (Wildman–Crippen LogP) is 4.73. The lowest BCUT2D eigenvalue weighted by molar-refractivity contribution is -0.132. The first-order valence-corrected chi connectivity index (χ1v) is 12.3. The van der Waals surface area contributed by atoms with Crippen LogP contribution in [0.25, 0.3) is 16.0 Å². The molecule has 1 fully saturated rings. The van der Waals surface area contributed by atoms with E-state index in [2.05, 4.69) is 4.98 Å². The molecule has 1 saturated heterocycles. The number of benzene rings is 3. The number of thiazole rings is 1. The molecule has 2 heterocycles. The molecule has 1 aliphatic rings. The van der Waals surface area contributed by atoms with Crippen LogP contribution in [0.1, 0.15) is 27.5 Å². The molecule has 1 amide bonds. The van der Waals surface area contributed by atoms with Gasteiger partial charge in [0.2, 0.25) is 0 Å². The van der Waals surface area contributed by atoms with Crippen LogP contribution in [0, 0.1) is 0 Å². The lowest BCUT2D eigenvalue weighted by atomic mass is 9.94. The number of amides is 1. The van der Waals surface area contributed by atoms with Crippen LogP contribution < -0.4 is 14.4 Å². The highest BCUT2D eigenvalue weighted by molar-refractivity contribution is 7.22. The number of aromatic nitrogens is 1. The standard InChI is InChI=1S/C28H22N2O7S/c1-35-18-6-4-5-17(13-18)24(31)22-23(15-7-9-16(10-8-15)27(34)37-3)30(26(33)25(22)32)28-29-20-12-11-19(36-2)14-21(20)38-28/h4-14,23,31H,1-3H3/b24-22+. The molecule has 1 unspecified atom stereocenters. The molecule has 1 aromatic heterocycles. The Morgan fingerprint density at radius 3 is 2.32 bits per heavy atom. The lowest BCUT2D eigenvalue weighted by Gasteiger charge is -2.23. The summed E-state index contributed by atoms with van der Waals surface area (Å²) in [7, 11) is 4.32. The number of anilines is 1. The smallest absolute Gasteiger partial charge is 0.337 e. The van der Waals surface area contributed by atoms with Crippen molar-refractivity contribution in [1.29, 1.82) is 0 Å². The van der Waals surface area contributed by atoms with Crippen molar-refractivity contribution in [1.82, 2.24) is 4.98 Å². The zero-order chi connectivity index (χ0) is 27.0. The van der Waals surface area contributed by atoms with Gasteiger partial charge in [-0.1, -0.05) is 35.6 Å². The number of methoxy groups -OCH3 is 3. The average Bonchev–Trinajstić information content (AvgIpc) is 3.49. The molecule has 0 saturated carbocycles. The van der Waals surface area contributed by atoms with Crippen LogP contribution >= 0.6 is 11.3 Å². The number of hydrogen-bond acceptors (Lipinski definition) is 9. The SMILES string of the molecule is COC(=O)c1ccc(C2/C(=C(\O)c3cccc(OC)c3)C(=O)C(=O)N2c2nc3ccc(OC)cc3s2)cc1. The van der Waals surface area contributed by atoms with Gasteiger partial charge < -0.3 is 19.3 Å². The highest BCUT2D eigenvalue weighted by Crippen LogP contribution is 2.44. The first-order chi connectivity index (χ1) is 18.4. The third-order valence-electron chi connectivity index (χ3n) is 6.23. The van der Waals surface area contributed by atoms with Crippen molar-refractivity contribution < 1.29 is 33.7 Å². The Labute approximate surface area is 221 Å². The number of fused-ring (bicyclic) bond motifs is 1. The molecule has 4 aromatic rings. The number of Topliss-reactive ketones (excluding diaryl/α,β-unsaturated/α-hetero) is 1. The number of esters is 1. The van der Waals surface area contributed by atoms with E-state index in [9.17, 15) is 19.5 Å². The Hall–Kier alpha value is -4.70. The first-order valence-electron chi connectivity index (χ1n) is 11.4. The second-order valence-corrected chi connectivity index (χ2v) is 9.35. The van der Waals surface area contributed by atoms with Gasteiger partial charge in [0.25, 0.3) is 5.78 Å². The molecular formula is C28H22N2O7S. The topological polar surface area (TPSA) is 115 Å². The van der Waals surface area contributed by atoms with E-state index < -0.39 is 23.7 Å². The fourth-order valence-electron chi connectivity index (χ4n) is 4.31. The summed E-state index contributed by atoms with van der Waals surface area (Å²) in [5, 5.41) is 11.6. The normalized spacial score (nSPS) is 16.6. The number of aliphatic hydroxyl groups excluding tert-OH is 1. The summed E-state index contributed by atoms with van der Waals surface area (Å²) in [4.78, 5) is 44.7. The fourth-order valence-corrected chi connectivity index (χ4v) is 5.33. The van der Waals surface area contributed by atoms with Crippen LogP contribution in [-0.2, 0) is 14.3 Å². The van der Waals surface area contributed by atoms with E-state index >= 15 is 0 Å². The maximum atomic E-state index is 13.5. The van der Waals surface area contributed by atoms with Crippen LogP contribution in [0.2, 0.25) is 0 Å². The van der Waals surface area contributed by atoms with Gasteiger partial charge in [-0.15, -0.1) is 0 Å². The van der Waals surface area contributed by atoms with E-state index in [-0.39, 0.29) is 16.5 Å².